The van der Waals surface area contributed by atoms with Crippen LogP contribution in [-0.2, 0) is 6.54 Å². The fourth-order valence-electron chi connectivity index (χ4n) is 3.35. The van der Waals surface area contributed by atoms with Crippen LogP contribution in [0.4, 0.5) is 10.5 Å². The number of amides is 2. The van der Waals surface area contributed by atoms with Crippen molar-refractivity contribution in [1.29, 1.82) is 0 Å². The zero-order chi connectivity index (χ0) is 17.8. The molecule has 2 aromatic rings. The van der Waals surface area contributed by atoms with Crippen LogP contribution in [0.3, 0.4) is 0 Å². The summed E-state index contributed by atoms with van der Waals surface area (Å²) in [5.41, 5.74) is 1.77. The van der Waals surface area contributed by atoms with Crippen molar-refractivity contribution < 1.29 is 9.53 Å². The number of piperidine rings is 1. The number of urea groups is 1. The molecule has 0 radical (unpaired) electrons. The summed E-state index contributed by atoms with van der Waals surface area (Å²) in [5, 5.41) is 11.3. The number of benzene rings is 1. The molecule has 0 bridgehead atoms. The normalized spacial score (nSPS) is 17.4. The highest BCUT2D eigenvalue weighted by Crippen LogP contribution is 2.26. The van der Waals surface area contributed by atoms with Crippen LogP contribution in [0.1, 0.15) is 37.1 Å². The molecule has 1 aliphatic heterocycles. The van der Waals surface area contributed by atoms with E-state index in [0.29, 0.717) is 6.54 Å². The van der Waals surface area contributed by atoms with E-state index >= 15 is 0 Å². The first-order valence-electron chi connectivity index (χ1n) is 8.70. The van der Waals surface area contributed by atoms with Crippen LogP contribution in [0.25, 0.3) is 0 Å². The molecule has 0 saturated carbocycles. The summed E-state index contributed by atoms with van der Waals surface area (Å²) < 4.78 is 7.31. The molecule has 2 amide bonds. The van der Waals surface area contributed by atoms with E-state index in [1.165, 1.54) is 0 Å². The van der Waals surface area contributed by atoms with Crippen molar-refractivity contribution in [3.63, 3.8) is 0 Å². The van der Waals surface area contributed by atoms with Gasteiger partial charge in [-0.1, -0.05) is 0 Å². The van der Waals surface area contributed by atoms with Gasteiger partial charge in [0.25, 0.3) is 0 Å². The van der Waals surface area contributed by atoms with Gasteiger partial charge in [-0.2, -0.15) is 0 Å². The van der Waals surface area contributed by atoms with Crippen LogP contribution in [0.15, 0.2) is 24.5 Å². The van der Waals surface area contributed by atoms with E-state index in [2.05, 4.69) is 27.0 Å². The van der Waals surface area contributed by atoms with Crippen LogP contribution in [0.2, 0.25) is 0 Å². The SMILES string of the molecule is CCn1cnnc1[C@@H]1CCCN(C(=O)Nc2ccc(OC)c(C)c2)C1. The molecule has 1 aliphatic rings. The Labute approximate surface area is 148 Å². The molecule has 1 aromatic heterocycles. The summed E-state index contributed by atoms with van der Waals surface area (Å²) in [7, 11) is 1.64. The second-order valence-electron chi connectivity index (χ2n) is 6.37. The summed E-state index contributed by atoms with van der Waals surface area (Å²) >= 11 is 0. The molecule has 1 N–H and O–H groups in total. The maximum absolute atomic E-state index is 12.6. The van der Waals surface area contributed by atoms with E-state index in [1.807, 2.05) is 30.0 Å². The van der Waals surface area contributed by atoms with Gasteiger partial charge in [-0.05, 0) is 50.5 Å². The van der Waals surface area contributed by atoms with E-state index in [4.69, 9.17) is 4.74 Å². The molecule has 134 valence electrons. The quantitative estimate of drug-likeness (QED) is 0.926. The average molecular weight is 343 g/mol. The van der Waals surface area contributed by atoms with Gasteiger partial charge in [-0.15, -0.1) is 10.2 Å². The molecule has 1 fully saturated rings. The van der Waals surface area contributed by atoms with Crippen molar-refractivity contribution in [2.75, 3.05) is 25.5 Å². The number of nitrogens with one attached hydrogen (secondary N) is 1. The summed E-state index contributed by atoms with van der Waals surface area (Å²) in [6.45, 7) is 6.31. The van der Waals surface area contributed by atoms with Crippen molar-refractivity contribution in [2.45, 2.75) is 39.2 Å². The first kappa shape index (κ1) is 17.3. The molecule has 25 heavy (non-hydrogen) atoms. The van der Waals surface area contributed by atoms with Gasteiger partial charge in [0, 0.05) is 31.2 Å². The van der Waals surface area contributed by atoms with Crippen molar-refractivity contribution in [1.82, 2.24) is 19.7 Å². The number of ether oxygens (including phenoxy) is 1. The lowest BCUT2D eigenvalue weighted by atomic mass is 9.97. The van der Waals surface area contributed by atoms with Crippen molar-refractivity contribution >= 4 is 11.7 Å². The fraction of sp³-hybridized carbons (Fsp3) is 0.500. The Balaban J connectivity index is 1.67. The lowest BCUT2D eigenvalue weighted by Gasteiger charge is -2.32. The van der Waals surface area contributed by atoms with Crippen LogP contribution < -0.4 is 10.1 Å². The first-order chi connectivity index (χ1) is 12.1. The van der Waals surface area contributed by atoms with Crippen LogP contribution in [-0.4, -0.2) is 45.9 Å². The summed E-state index contributed by atoms with van der Waals surface area (Å²) in [6, 6.07) is 5.58. The van der Waals surface area contributed by atoms with E-state index in [1.54, 1.807) is 13.4 Å². The number of hydrogen-bond acceptors (Lipinski definition) is 4. The molecule has 7 nitrogen and oxygen atoms in total. The molecule has 0 spiro atoms. The van der Waals surface area contributed by atoms with E-state index < -0.39 is 0 Å². The number of likely N-dealkylation sites (tertiary alicyclic amines) is 1. The van der Waals surface area contributed by atoms with Crippen molar-refractivity contribution in [3.05, 3.63) is 35.9 Å². The summed E-state index contributed by atoms with van der Waals surface area (Å²) in [5.74, 6) is 2.02. The molecular weight excluding hydrogens is 318 g/mol. The maximum atomic E-state index is 12.6. The predicted octanol–water partition coefficient (Wildman–Crippen LogP) is 3.03. The van der Waals surface area contributed by atoms with Gasteiger partial charge in [0.15, 0.2) is 0 Å². The Bertz CT molecular complexity index is 743. The lowest BCUT2D eigenvalue weighted by molar-refractivity contribution is 0.190. The Morgan fingerprint density at radius 1 is 1.44 bits per heavy atom. The lowest BCUT2D eigenvalue weighted by Crippen LogP contribution is -2.42. The Morgan fingerprint density at radius 3 is 3.00 bits per heavy atom. The van der Waals surface area contributed by atoms with Gasteiger partial charge < -0.3 is 19.5 Å². The zero-order valence-electron chi connectivity index (χ0n) is 15.0. The second kappa shape index (κ2) is 7.55. The largest absolute Gasteiger partial charge is 0.496 e. The van der Waals surface area contributed by atoms with Gasteiger partial charge >= 0.3 is 6.03 Å². The van der Waals surface area contributed by atoms with Gasteiger partial charge in [0.05, 0.1) is 7.11 Å². The molecule has 0 aliphatic carbocycles. The van der Waals surface area contributed by atoms with Crippen LogP contribution >= 0.6 is 0 Å². The number of rotatable bonds is 4. The Kier molecular flexibility index (Phi) is 5.21. The van der Waals surface area contributed by atoms with Gasteiger partial charge in [0.1, 0.15) is 17.9 Å². The van der Waals surface area contributed by atoms with Gasteiger partial charge in [-0.3, -0.25) is 0 Å². The number of anilines is 1. The zero-order valence-corrected chi connectivity index (χ0v) is 15.0. The maximum Gasteiger partial charge on any atom is 0.321 e. The van der Waals surface area contributed by atoms with Gasteiger partial charge in [-0.25, -0.2) is 4.79 Å². The molecule has 0 unspecified atom stereocenters. The van der Waals surface area contributed by atoms with Crippen molar-refractivity contribution in [2.24, 2.45) is 0 Å². The monoisotopic (exact) mass is 343 g/mol. The van der Waals surface area contributed by atoms with E-state index in [0.717, 1.165) is 48.8 Å². The number of hydrogen-bond donors (Lipinski definition) is 1. The fourth-order valence-corrected chi connectivity index (χ4v) is 3.35. The highest BCUT2D eigenvalue weighted by Gasteiger charge is 2.27. The summed E-state index contributed by atoms with van der Waals surface area (Å²) in [4.78, 5) is 14.5. The minimum Gasteiger partial charge on any atom is -0.496 e. The van der Waals surface area contributed by atoms with Crippen LogP contribution in [0.5, 0.6) is 5.75 Å². The number of aryl methyl sites for hydroxylation is 2. The molecule has 2 heterocycles. The molecule has 1 atom stereocenters. The molecule has 7 heteroatoms. The highest BCUT2D eigenvalue weighted by molar-refractivity contribution is 5.89. The van der Waals surface area contributed by atoms with E-state index in [-0.39, 0.29) is 11.9 Å². The third-order valence-electron chi connectivity index (χ3n) is 4.71. The topological polar surface area (TPSA) is 72.3 Å². The van der Waals surface area contributed by atoms with Crippen molar-refractivity contribution in [3.8, 4) is 5.75 Å². The van der Waals surface area contributed by atoms with E-state index in [9.17, 15) is 4.79 Å². The van der Waals surface area contributed by atoms with Gasteiger partial charge in [0.2, 0.25) is 0 Å². The third kappa shape index (κ3) is 3.75. The predicted molar refractivity (Wildman–Crippen MR) is 96.0 cm³/mol. The average Bonchev–Trinajstić information content (AvgIpc) is 3.11. The Morgan fingerprint density at radius 2 is 2.28 bits per heavy atom. The number of aromatic nitrogens is 3. The minimum absolute atomic E-state index is 0.0724. The summed E-state index contributed by atoms with van der Waals surface area (Å²) in [6.07, 6.45) is 3.76. The molecule has 1 aromatic carbocycles. The van der Waals surface area contributed by atoms with Crippen LogP contribution in [0, 0.1) is 6.92 Å². The molecule has 3 rings (SSSR count). The smallest absolute Gasteiger partial charge is 0.321 e. The minimum atomic E-state index is -0.0724. The number of carbonyl (C=O) groups excluding carboxylic acids is 1. The Hall–Kier alpha value is -2.57. The first-order valence-corrected chi connectivity index (χ1v) is 8.70. The molecule has 1 saturated heterocycles. The standard InChI is InChI=1S/C18H25N5O2/c1-4-22-12-19-21-17(22)14-6-5-9-23(11-14)18(24)20-15-7-8-16(25-3)13(2)10-15/h7-8,10,12,14H,4-6,9,11H2,1-3H3,(H,20,24)/t14-/m1/s1. The highest BCUT2D eigenvalue weighted by atomic mass is 16.5. The number of nitrogens with zero attached hydrogens (tertiary/aromatic N) is 4. The molecular formula is C18H25N5O2. The third-order valence-corrected chi connectivity index (χ3v) is 4.71. The number of methoxy groups -OCH3 is 1. The number of carbonyl (C=O) groups is 1. The second-order valence-corrected chi connectivity index (χ2v) is 6.37.